The Balaban J connectivity index is 1.60. The van der Waals surface area contributed by atoms with E-state index in [2.05, 4.69) is 39.8 Å². The summed E-state index contributed by atoms with van der Waals surface area (Å²) in [5.41, 5.74) is 4.21. The van der Waals surface area contributed by atoms with Gasteiger partial charge in [0.15, 0.2) is 0 Å². The number of nitrogens with zero attached hydrogens (tertiary/aromatic N) is 4. The minimum Gasteiger partial charge on any atom is -0.308 e. The summed E-state index contributed by atoms with van der Waals surface area (Å²) in [7, 11) is 0. The largest absolute Gasteiger partial charge is 0.323 e. The van der Waals surface area contributed by atoms with Gasteiger partial charge >= 0.3 is 6.03 Å². The number of aromatic nitrogens is 4. The number of aryl methyl sites for hydroxylation is 2. The number of nitrogens with one attached hydrogen (secondary N) is 2. The highest BCUT2D eigenvalue weighted by Crippen LogP contribution is 2.16. The predicted molar refractivity (Wildman–Crippen MR) is 106 cm³/mol. The molecule has 0 unspecified atom stereocenters. The van der Waals surface area contributed by atoms with Crippen LogP contribution in [0.5, 0.6) is 0 Å². The molecular formula is C20H24N6O. The standard InChI is InChI=1S/C20H24N6O/c1-14(2)4-5-17-13-26(25-24-17)18-8-6-16(7-9-18)22-20(27)23-19-12-21-11-10-15(19)3/h6-14H,4-5H2,1-3H3,(H2,22,23,27). The zero-order valence-corrected chi connectivity index (χ0v) is 15.8. The molecule has 0 fully saturated rings. The van der Waals surface area contributed by atoms with Gasteiger partial charge in [-0.25, -0.2) is 9.48 Å². The molecule has 140 valence electrons. The third-order valence-corrected chi connectivity index (χ3v) is 4.20. The molecule has 7 nitrogen and oxygen atoms in total. The van der Waals surface area contributed by atoms with E-state index < -0.39 is 0 Å². The van der Waals surface area contributed by atoms with Crippen molar-refractivity contribution >= 4 is 17.4 Å². The Hall–Kier alpha value is -3.22. The molecule has 3 rings (SSSR count). The first-order valence-electron chi connectivity index (χ1n) is 9.01. The maximum absolute atomic E-state index is 12.1. The zero-order chi connectivity index (χ0) is 19.2. The summed E-state index contributed by atoms with van der Waals surface area (Å²) in [4.78, 5) is 16.2. The fourth-order valence-electron chi connectivity index (χ4n) is 2.55. The minimum atomic E-state index is -0.310. The summed E-state index contributed by atoms with van der Waals surface area (Å²) in [6, 6.07) is 8.99. The average Bonchev–Trinajstić information content (AvgIpc) is 3.11. The molecule has 2 amide bonds. The second-order valence-electron chi connectivity index (χ2n) is 6.90. The van der Waals surface area contributed by atoms with Gasteiger partial charge in [0, 0.05) is 11.9 Å². The van der Waals surface area contributed by atoms with Crippen LogP contribution in [0.15, 0.2) is 48.9 Å². The Kier molecular flexibility index (Phi) is 5.80. The van der Waals surface area contributed by atoms with Crippen molar-refractivity contribution in [2.24, 2.45) is 5.92 Å². The van der Waals surface area contributed by atoms with Crippen LogP contribution in [0.1, 0.15) is 31.5 Å². The number of urea groups is 1. The SMILES string of the molecule is Cc1ccncc1NC(=O)Nc1ccc(-n2cc(CCC(C)C)nn2)cc1. The van der Waals surface area contributed by atoms with E-state index in [0.29, 0.717) is 17.3 Å². The van der Waals surface area contributed by atoms with E-state index in [0.717, 1.165) is 29.8 Å². The van der Waals surface area contributed by atoms with E-state index in [9.17, 15) is 4.79 Å². The van der Waals surface area contributed by atoms with Crippen molar-refractivity contribution in [3.8, 4) is 5.69 Å². The van der Waals surface area contributed by atoms with Gasteiger partial charge in [-0.15, -0.1) is 5.10 Å². The van der Waals surface area contributed by atoms with Crippen molar-refractivity contribution < 1.29 is 4.79 Å². The van der Waals surface area contributed by atoms with E-state index >= 15 is 0 Å². The number of amides is 2. The lowest BCUT2D eigenvalue weighted by molar-refractivity contribution is 0.262. The lowest BCUT2D eigenvalue weighted by atomic mass is 10.1. The molecule has 27 heavy (non-hydrogen) atoms. The molecule has 2 aromatic heterocycles. The normalized spacial score (nSPS) is 10.8. The number of rotatable bonds is 6. The monoisotopic (exact) mass is 364 g/mol. The number of benzene rings is 1. The number of pyridine rings is 1. The van der Waals surface area contributed by atoms with Gasteiger partial charge in [0.2, 0.25) is 0 Å². The molecule has 7 heteroatoms. The third-order valence-electron chi connectivity index (χ3n) is 4.20. The van der Waals surface area contributed by atoms with E-state index in [-0.39, 0.29) is 6.03 Å². The van der Waals surface area contributed by atoms with Crippen molar-refractivity contribution in [2.45, 2.75) is 33.6 Å². The Labute approximate surface area is 158 Å². The number of hydrogen-bond donors (Lipinski definition) is 2. The molecule has 2 N–H and O–H groups in total. The summed E-state index contributed by atoms with van der Waals surface area (Å²) in [5.74, 6) is 0.641. The lowest BCUT2D eigenvalue weighted by Crippen LogP contribution is -2.20. The summed E-state index contributed by atoms with van der Waals surface area (Å²) in [6.07, 6.45) is 7.27. The first-order chi connectivity index (χ1) is 13.0. The van der Waals surface area contributed by atoms with E-state index in [4.69, 9.17) is 0 Å². The van der Waals surface area contributed by atoms with Crippen LogP contribution < -0.4 is 10.6 Å². The molecule has 0 saturated carbocycles. The van der Waals surface area contributed by atoms with Gasteiger partial charge in [-0.1, -0.05) is 19.1 Å². The predicted octanol–water partition coefficient (Wildman–Crippen LogP) is 4.20. The summed E-state index contributed by atoms with van der Waals surface area (Å²) < 4.78 is 1.75. The maximum atomic E-state index is 12.1. The van der Waals surface area contributed by atoms with Crippen LogP contribution in [0.2, 0.25) is 0 Å². The third kappa shape index (κ3) is 5.13. The highest BCUT2D eigenvalue weighted by molar-refractivity contribution is 6.00. The summed E-state index contributed by atoms with van der Waals surface area (Å²) in [5, 5.41) is 14.0. The first kappa shape index (κ1) is 18.6. The fraction of sp³-hybridized carbons (Fsp3) is 0.300. The molecule has 0 aliphatic carbocycles. The topological polar surface area (TPSA) is 84.7 Å². The van der Waals surface area contributed by atoms with E-state index in [1.807, 2.05) is 43.5 Å². The molecule has 0 spiro atoms. The first-order valence-corrected chi connectivity index (χ1v) is 9.01. The van der Waals surface area contributed by atoms with Gasteiger partial charge in [0.05, 0.1) is 29.5 Å². The van der Waals surface area contributed by atoms with Crippen LogP contribution in [0.25, 0.3) is 5.69 Å². The van der Waals surface area contributed by atoms with Crippen LogP contribution in [0.3, 0.4) is 0 Å². The van der Waals surface area contributed by atoms with Crippen molar-refractivity contribution in [1.29, 1.82) is 0 Å². The van der Waals surface area contributed by atoms with Gasteiger partial charge in [0.1, 0.15) is 0 Å². The number of anilines is 2. The smallest absolute Gasteiger partial charge is 0.308 e. The van der Waals surface area contributed by atoms with Gasteiger partial charge < -0.3 is 10.6 Å². The molecule has 0 aliphatic heterocycles. The van der Waals surface area contributed by atoms with E-state index in [1.165, 1.54) is 0 Å². The molecule has 1 aromatic carbocycles. The second kappa shape index (κ2) is 8.44. The Morgan fingerprint density at radius 3 is 2.63 bits per heavy atom. The fourth-order valence-corrected chi connectivity index (χ4v) is 2.55. The summed E-state index contributed by atoms with van der Waals surface area (Å²) in [6.45, 7) is 6.31. The van der Waals surface area contributed by atoms with Crippen molar-refractivity contribution in [3.63, 3.8) is 0 Å². The Morgan fingerprint density at radius 2 is 1.93 bits per heavy atom. The van der Waals surface area contributed by atoms with Gasteiger partial charge in [-0.2, -0.15) is 0 Å². The van der Waals surface area contributed by atoms with Crippen molar-refractivity contribution in [1.82, 2.24) is 20.0 Å². The maximum Gasteiger partial charge on any atom is 0.323 e. The Bertz CT molecular complexity index is 901. The van der Waals surface area contributed by atoms with Gasteiger partial charge in [0.25, 0.3) is 0 Å². The van der Waals surface area contributed by atoms with Crippen molar-refractivity contribution in [3.05, 3.63) is 60.2 Å². The molecule has 0 aliphatic rings. The van der Waals surface area contributed by atoms with Crippen molar-refractivity contribution in [2.75, 3.05) is 10.6 Å². The lowest BCUT2D eigenvalue weighted by Gasteiger charge is -2.09. The second-order valence-corrected chi connectivity index (χ2v) is 6.90. The molecule has 3 aromatic rings. The highest BCUT2D eigenvalue weighted by atomic mass is 16.2. The zero-order valence-electron chi connectivity index (χ0n) is 15.8. The van der Waals surface area contributed by atoms with Crippen LogP contribution in [-0.4, -0.2) is 26.0 Å². The minimum absolute atomic E-state index is 0.310. The van der Waals surface area contributed by atoms with E-state index in [1.54, 1.807) is 17.1 Å². The molecule has 0 radical (unpaired) electrons. The molecule has 0 saturated heterocycles. The molecule has 2 heterocycles. The Morgan fingerprint density at radius 1 is 1.15 bits per heavy atom. The van der Waals surface area contributed by atoms with Gasteiger partial charge in [-0.3, -0.25) is 4.98 Å². The molecular weight excluding hydrogens is 340 g/mol. The summed E-state index contributed by atoms with van der Waals surface area (Å²) >= 11 is 0. The van der Waals surface area contributed by atoms with Crippen LogP contribution in [0, 0.1) is 12.8 Å². The van der Waals surface area contributed by atoms with Crippen LogP contribution in [-0.2, 0) is 6.42 Å². The number of carbonyl (C=O) groups excluding carboxylic acids is 1. The quantitative estimate of drug-likeness (QED) is 0.686. The number of carbonyl (C=O) groups is 1. The number of hydrogen-bond acceptors (Lipinski definition) is 4. The highest BCUT2D eigenvalue weighted by Gasteiger charge is 2.07. The van der Waals surface area contributed by atoms with Crippen LogP contribution in [0.4, 0.5) is 16.2 Å². The molecule has 0 bridgehead atoms. The average molecular weight is 364 g/mol. The van der Waals surface area contributed by atoms with Gasteiger partial charge in [-0.05, 0) is 61.6 Å². The molecule has 0 atom stereocenters. The van der Waals surface area contributed by atoms with Crippen LogP contribution >= 0.6 is 0 Å².